The summed E-state index contributed by atoms with van der Waals surface area (Å²) >= 11 is 5.77. The molecule has 0 bridgehead atoms. The fraction of sp³-hybridized carbons (Fsp3) is 0.222. The van der Waals surface area contributed by atoms with E-state index in [9.17, 15) is 19.7 Å². The average molecular weight is 392 g/mol. The minimum absolute atomic E-state index is 0.108. The molecule has 2 aromatic carbocycles. The van der Waals surface area contributed by atoms with E-state index in [-0.39, 0.29) is 34.8 Å². The fourth-order valence-corrected chi connectivity index (χ4v) is 2.73. The molecular formula is C18H20ClN4O4+. The summed E-state index contributed by atoms with van der Waals surface area (Å²) in [5.41, 5.74) is 1.38. The third-order valence-corrected chi connectivity index (χ3v) is 4.08. The van der Waals surface area contributed by atoms with Gasteiger partial charge in [-0.15, -0.1) is 0 Å². The Morgan fingerprint density at radius 2 is 1.85 bits per heavy atom. The largest absolute Gasteiger partial charge is 0.355 e. The van der Waals surface area contributed by atoms with E-state index in [2.05, 4.69) is 10.6 Å². The van der Waals surface area contributed by atoms with E-state index in [1.807, 2.05) is 19.2 Å². The minimum atomic E-state index is -0.591. The van der Waals surface area contributed by atoms with Crippen molar-refractivity contribution in [3.8, 4) is 0 Å². The maximum absolute atomic E-state index is 12.2. The van der Waals surface area contributed by atoms with Crippen LogP contribution in [0.4, 0.5) is 11.4 Å². The molecule has 0 saturated heterocycles. The van der Waals surface area contributed by atoms with Crippen molar-refractivity contribution in [2.75, 3.05) is 26.0 Å². The summed E-state index contributed by atoms with van der Waals surface area (Å²) in [4.78, 5) is 35.1. The highest BCUT2D eigenvalue weighted by Crippen LogP contribution is 2.27. The molecule has 2 rings (SSSR count). The van der Waals surface area contributed by atoms with Gasteiger partial charge in [-0.05, 0) is 24.3 Å². The number of nitrogens with zero attached hydrogens (tertiary/aromatic N) is 1. The molecular weight excluding hydrogens is 372 g/mol. The van der Waals surface area contributed by atoms with Crippen molar-refractivity contribution in [1.29, 1.82) is 0 Å². The zero-order chi connectivity index (χ0) is 20.0. The molecule has 0 saturated carbocycles. The number of nitro groups is 1. The summed E-state index contributed by atoms with van der Waals surface area (Å²) < 4.78 is 0. The van der Waals surface area contributed by atoms with E-state index in [0.29, 0.717) is 12.1 Å². The molecule has 0 heterocycles. The molecule has 0 radical (unpaired) electrons. The molecule has 9 heteroatoms. The maximum atomic E-state index is 12.2. The first-order valence-electron chi connectivity index (χ1n) is 8.16. The van der Waals surface area contributed by atoms with Crippen LogP contribution in [0.1, 0.15) is 15.9 Å². The molecule has 8 nitrogen and oxygen atoms in total. The van der Waals surface area contributed by atoms with Crippen LogP contribution in [0.15, 0.2) is 42.5 Å². The first kappa shape index (κ1) is 20.3. The third-order valence-electron chi connectivity index (χ3n) is 3.84. The Balaban J connectivity index is 1.96. The highest BCUT2D eigenvalue weighted by molar-refractivity contribution is 6.31. The molecule has 0 aromatic heterocycles. The number of anilines is 1. The van der Waals surface area contributed by atoms with E-state index < -0.39 is 4.92 Å². The lowest BCUT2D eigenvalue weighted by Gasteiger charge is -2.14. The van der Waals surface area contributed by atoms with Crippen LogP contribution in [0.5, 0.6) is 0 Å². The lowest BCUT2D eigenvalue weighted by molar-refractivity contribution is -0.885. The van der Waals surface area contributed by atoms with Crippen LogP contribution in [-0.4, -0.2) is 37.4 Å². The highest BCUT2D eigenvalue weighted by atomic mass is 35.5. The zero-order valence-corrected chi connectivity index (χ0v) is 15.7. The SMILES string of the molecule is CNC(=O)c1ccc(C[NH+](C)CC(=O)Nc2ccc(Cl)cc2[N+](=O)[O-])cc1. The molecule has 0 spiro atoms. The van der Waals surface area contributed by atoms with Crippen LogP contribution in [0.25, 0.3) is 0 Å². The van der Waals surface area contributed by atoms with Crippen LogP contribution in [0.3, 0.4) is 0 Å². The summed E-state index contributed by atoms with van der Waals surface area (Å²) in [6.45, 7) is 0.682. The van der Waals surface area contributed by atoms with Gasteiger partial charge in [0, 0.05) is 29.3 Å². The summed E-state index contributed by atoms with van der Waals surface area (Å²) in [5.74, 6) is -0.508. The van der Waals surface area contributed by atoms with Crippen molar-refractivity contribution in [2.24, 2.45) is 0 Å². The number of quaternary nitrogens is 1. The standard InChI is InChI=1S/C18H19ClN4O4/c1-20-18(25)13-5-3-12(4-6-13)10-22(2)11-17(24)21-15-8-7-14(19)9-16(15)23(26)27/h3-9H,10-11H2,1-2H3,(H,20,25)(H,21,24)/p+1. The van der Waals surface area contributed by atoms with Gasteiger partial charge in [0.25, 0.3) is 17.5 Å². The monoisotopic (exact) mass is 391 g/mol. The molecule has 2 amide bonds. The van der Waals surface area contributed by atoms with Crippen molar-refractivity contribution < 1.29 is 19.4 Å². The van der Waals surface area contributed by atoms with Crippen LogP contribution in [0.2, 0.25) is 5.02 Å². The second-order valence-electron chi connectivity index (χ2n) is 6.05. The molecule has 27 heavy (non-hydrogen) atoms. The normalized spacial score (nSPS) is 11.5. The van der Waals surface area contributed by atoms with Gasteiger partial charge >= 0.3 is 0 Å². The first-order chi connectivity index (χ1) is 12.8. The Kier molecular flexibility index (Phi) is 6.86. The van der Waals surface area contributed by atoms with Gasteiger partial charge in [-0.2, -0.15) is 0 Å². The lowest BCUT2D eigenvalue weighted by Crippen LogP contribution is -3.08. The van der Waals surface area contributed by atoms with Crippen molar-refractivity contribution in [3.05, 3.63) is 68.7 Å². The van der Waals surface area contributed by atoms with Gasteiger partial charge in [0.2, 0.25) is 0 Å². The first-order valence-corrected chi connectivity index (χ1v) is 8.54. The van der Waals surface area contributed by atoms with Gasteiger partial charge in [-0.25, -0.2) is 0 Å². The van der Waals surface area contributed by atoms with E-state index in [4.69, 9.17) is 11.6 Å². The third kappa shape index (κ3) is 5.77. The van der Waals surface area contributed by atoms with E-state index >= 15 is 0 Å². The number of carbonyl (C=O) groups excluding carboxylic acids is 2. The molecule has 0 aliphatic rings. The Morgan fingerprint density at radius 3 is 2.44 bits per heavy atom. The molecule has 142 valence electrons. The number of likely N-dealkylation sites (N-methyl/N-ethyl adjacent to an activating group) is 1. The summed E-state index contributed by atoms with van der Waals surface area (Å²) in [6.07, 6.45) is 0. The van der Waals surface area contributed by atoms with Crippen LogP contribution in [-0.2, 0) is 11.3 Å². The van der Waals surface area contributed by atoms with Crippen LogP contribution in [0, 0.1) is 10.1 Å². The quantitative estimate of drug-likeness (QED) is 0.488. The summed E-state index contributed by atoms with van der Waals surface area (Å²) in [5, 5.41) is 16.4. The van der Waals surface area contributed by atoms with Gasteiger partial charge in [0.1, 0.15) is 12.2 Å². The van der Waals surface area contributed by atoms with Crippen LogP contribution < -0.4 is 15.5 Å². The average Bonchev–Trinajstić information content (AvgIpc) is 2.62. The molecule has 2 aromatic rings. The van der Waals surface area contributed by atoms with Gasteiger partial charge in [0.15, 0.2) is 6.54 Å². The van der Waals surface area contributed by atoms with Gasteiger partial charge in [-0.1, -0.05) is 23.7 Å². The molecule has 1 atom stereocenters. The summed E-state index contributed by atoms with van der Waals surface area (Å²) in [7, 11) is 3.40. The Morgan fingerprint density at radius 1 is 1.19 bits per heavy atom. The predicted octanol–water partition coefficient (Wildman–Crippen LogP) is 1.26. The van der Waals surface area contributed by atoms with E-state index in [0.717, 1.165) is 10.5 Å². The van der Waals surface area contributed by atoms with Crippen molar-refractivity contribution in [3.63, 3.8) is 0 Å². The number of rotatable bonds is 7. The number of amides is 2. The van der Waals surface area contributed by atoms with Gasteiger partial charge in [-0.3, -0.25) is 19.7 Å². The fourth-order valence-electron chi connectivity index (χ4n) is 2.56. The zero-order valence-electron chi connectivity index (χ0n) is 14.9. The van der Waals surface area contributed by atoms with Crippen LogP contribution >= 0.6 is 11.6 Å². The molecule has 0 fully saturated rings. The smallest absolute Gasteiger partial charge is 0.294 e. The molecule has 1 unspecified atom stereocenters. The lowest BCUT2D eigenvalue weighted by atomic mass is 10.1. The Labute approximate surface area is 161 Å². The Bertz CT molecular complexity index is 855. The number of carbonyl (C=O) groups is 2. The number of hydrogen-bond donors (Lipinski definition) is 3. The second kappa shape index (κ2) is 9.11. The topological polar surface area (TPSA) is 106 Å². The van der Waals surface area contributed by atoms with Crippen molar-refractivity contribution >= 4 is 34.8 Å². The highest BCUT2D eigenvalue weighted by Gasteiger charge is 2.18. The molecule has 3 N–H and O–H groups in total. The minimum Gasteiger partial charge on any atom is -0.355 e. The Hall–Kier alpha value is -2.97. The van der Waals surface area contributed by atoms with Gasteiger partial charge in [0.05, 0.1) is 12.0 Å². The molecule has 0 aliphatic heterocycles. The predicted molar refractivity (Wildman–Crippen MR) is 102 cm³/mol. The second-order valence-corrected chi connectivity index (χ2v) is 6.49. The number of nitro benzene ring substituents is 1. The van der Waals surface area contributed by atoms with E-state index in [1.165, 1.54) is 18.2 Å². The number of hydrogen-bond acceptors (Lipinski definition) is 4. The number of benzene rings is 2. The number of halogens is 1. The van der Waals surface area contributed by atoms with Gasteiger partial charge < -0.3 is 15.5 Å². The number of nitrogens with one attached hydrogen (secondary N) is 3. The maximum Gasteiger partial charge on any atom is 0.294 e. The van der Waals surface area contributed by atoms with Crippen molar-refractivity contribution in [1.82, 2.24) is 5.32 Å². The van der Waals surface area contributed by atoms with E-state index in [1.54, 1.807) is 19.2 Å². The van der Waals surface area contributed by atoms with Crippen molar-refractivity contribution in [2.45, 2.75) is 6.54 Å². The summed E-state index contributed by atoms with van der Waals surface area (Å²) in [6, 6.07) is 11.2. The molecule has 0 aliphatic carbocycles.